The van der Waals surface area contributed by atoms with Crippen molar-refractivity contribution < 1.29 is 19.4 Å². The monoisotopic (exact) mass is 305 g/mol. The summed E-state index contributed by atoms with van der Waals surface area (Å²) in [6.45, 7) is 9.19. The lowest BCUT2D eigenvalue weighted by Gasteiger charge is -2.41. The Morgan fingerprint density at radius 1 is 1.36 bits per heavy atom. The minimum absolute atomic E-state index is 0.280. The van der Waals surface area contributed by atoms with E-state index in [-0.39, 0.29) is 11.8 Å². The fraction of sp³-hybridized carbons (Fsp3) is 0.529. The predicted molar refractivity (Wildman–Crippen MR) is 84.4 cm³/mol. The number of ether oxygens (including phenoxy) is 1. The highest BCUT2D eigenvalue weighted by Crippen LogP contribution is 2.41. The number of rotatable bonds is 4. The summed E-state index contributed by atoms with van der Waals surface area (Å²) in [6.07, 6.45) is 0.336. The fourth-order valence-corrected chi connectivity index (χ4v) is 2.66. The Morgan fingerprint density at radius 2 is 2.00 bits per heavy atom. The molecule has 1 N–H and O–H groups in total. The Hall–Kier alpha value is -2.04. The second kappa shape index (κ2) is 5.63. The Morgan fingerprint density at radius 3 is 2.50 bits per heavy atom. The Balaban J connectivity index is 2.63. The normalized spacial score (nSPS) is 17.9. The molecule has 1 aliphatic rings. The van der Waals surface area contributed by atoms with Crippen LogP contribution in [-0.4, -0.2) is 28.6 Å². The van der Waals surface area contributed by atoms with Crippen LogP contribution in [0.2, 0.25) is 0 Å². The first kappa shape index (κ1) is 16.3. The van der Waals surface area contributed by atoms with E-state index in [1.165, 1.54) is 4.90 Å². The van der Waals surface area contributed by atoms with Crippen molar-refractivity contribution in [2.45, 2.75) is 58.6 Å². The van der Waals surface area contributed by atoms with E-state index in [1.54, 1.807) is 20.8 Å². The second-order valence-electron chi connectivity index (χ2n) is 6.43. The third-order valence-corrected chi connectivity index (χ3v) is 3.99. The quantitative estimate of drug-likeness (QED) is 0.927. The summed E-state index contributed by atoms with van der Waals surface area (Å²) >= 11 is 0. The van der Waals surface area contributed by atoms with Crippen molar-refractivity contribution >= 4 is 17.6 Å². The molecule has 2 rings (SSSR count). The van der Waals surface area contributed by atoms with Gasteiger partial charge in [0, 0.05) is 0 Å². The molecule has 120 valence electrons. The van der Waals surface area contributed by atoms with Crippen molar-refractivity contribution in [3.05, 3.63) is 23.8 Å². The number of carbonyl (C=O) groups is 2. The van der Waals surface area contributed by atoms with Crippen LogP contribution in [0, 0.1) is 0 Å². The van der Waals surface area contributed by atoms with Gasteiger partial charge in [0.1, 0.15) is 11.8 Å². The van der Waals surface area contributed by atoms with Gasteiger partial charge in [-0.1, -0.05) is 26.8 Å². The van der Waals surface area contributed by atoms with Gasteiger partial charge in [-0.2, -0.15) is 0 Å². The topological polar surface area (TPSA) is 66.8 Å². The molecule has 1 atom stereocenters. The van der Waals surface area contributed by atoms with E-state index < -0.39 is 17.6 Å². The smallest absolute Gasteiger partial charge is 0.326 e. The van der Waals surface area contributed by atoms with Crippen molar-refractivity contribution in [2.24, 2.45) is 0 Å². The van der Waals surface area contributed by atoms with Crippen molar-refractivity contribution in [1.29, 1.82) is 0 Å². The van der Waals surface area contributed by atoms with E-state index in [0.717, 1.165) is 5.56 Å². The third-order valence-electron chi connectivity index (χ3n) is 3.99. The van der Waals surface area contributed by atoms with Crippen LogP contribution in [0.5, 0.6) is 5.75 Å². The van der Waals surface area contributed by atoms with Crippen LogP contribution in [0.1, 0.15) is 52.5 Å². The lowest BCUT2D eigenvalue weighted by Crippen LogP contribution is -2.57. The summed E-state index contributed by atoms with van der Waals surface area (Å²) in [6, 6.07) is 4.74. The molecule has 0 saturated heterocycles. The highest BCUT2D eigenvalue weighted by atomic mass is 16.5. The van der Waals surface area contributed by atoms with Gasteiger partial charge >= 0.3 is 5.97 Å². The lowest BCUT2D eigenvalue weighted by atomic mass is 9.97. The standard InChI is InChI=1S/C17H23NO4/c1-6-12(15(19)20)18-13-9-11(10(2)3)7-8-14(13)22-17(4,5)16(18)21/h7-10,12H,6H2,1-5H3,(H,19,20). The largest absolute Gasteiger partial charge is 0.480 e. The van der Waals surface area contributed by atoms with Crippen molar-refractivity contribution in [2.75, 3.05) is 4.90 Å². The molecule has 0 bridgehead atoms. The number of hydrogen-bond acceptors (Lipinski definition) is 3. The summed E-state index contributed by atoms with van der Waals surface area (Å²) in [5.41, 5.74) is 0.514. The number of aliphatic carboxylic acids is 1. The molecule has 22 heavy (non-hydrogen) atoms. The van der Waals surface area contributed by atoms with Gasteiger partial charge in [-0.05, 0) is 43.9 Å². The van der Waals surface area contributed by atoms with Gasteiger partial charge in [0.05, 0.1) is 5.69 Å². The summed E-state index contributed by atoms with van der Waals surface area (Å²) in [4.78, 5) is 25.7. The maximum atomic E-state index is 12.7. The average Bonchev–Trinajstić information content (AvgIpc) is 2.42. The number of fused-ring (bicyclic) bond motifs is 1. The molecule has 1 aromatic carbocycles. The molecular formula is C17H23NO4. The summed E-state index contributed by atoms with van der Waals surface area (Å²) in [5.74, 6) is -0.500. The maximum absolute atomic E-state index is 12.7. The number of nitrogens with zero attached hydrogens (tertiary/aromatic N) is 1. The number of carboxylic acid groups (broad SMARTS) is 1. The van der Waals surface area contributed by atoms with Gasteiger partial charge in [-0.3, -0.25) is 9.69 Å². The molecule has 0 aliphatic carbocycles. The number of carboxylic acids is 1. The summed E-state index contributed by atoms with van der Waals surface area (Å²) < 4.78 is 5.79. The minimum atomic E-state index is -1.07. The highest BCUT2D eigenvalue weighted by Gasteiger charge is 2.45. The number of benzene rings is 1. The first-order valence-corrected chi connectivity index (χ1v) is 7.58. The zero-order valence-electron chi connectivity index (χ0n) is 13.7. The zero-order chi connectivity index (χ0) is 16.7. The van der Waals surface area contributed by atoms with E-state index in [4.69, 9.17) is 4.74 Å². The van der Waals surface area contributed by atoms with Gasteiger partial charge in [0.15, 0.2) is 5.60 Å². The van der Waals surface area contributed by atoms with Crippen LogP contribution < -0.4 is 9.64 Å². The lowest BCUT2D eigenvalue weighted by molar-refractivity contribution is -0.143. The SMILES string of the molecule is CCC(C(=O)O)N1C(=O)C(C)(C)Oc2ccc(C(C)C)cc21. The number of anilines is 1. The molecule has 1 aliphatic heterocycles. The Kier molecular flexibility index (Phi) is 4.18. The Bertz CT molecular complexity index is 607. The van der Waals surface area contributed by atoms with Gasteiger partial charge in [-0.15, -0.1) is 0 Å². The van der Waals surface area contributed by atoms with E-state index >= 15 is 0 Å². The molecule has 1 unspecified atom stereocenters. The number of carbonyl (C=O) groups excluding carboxylic acids is 1. The van der Waals surface area contributed by atoms with E-state index in [9.17, 15) is 14.7 Å². The number of amides is 1. The van der Waals surface area contributed by atoms with Crippen molar-refractivity contribution in [1.82, 2.24) is 0 Å². The highest BCUT2D eigenvalue weighted by molar-refractivity contribution is 6.06. The maximum Gasteiger partial charge on any atom is 0.326 e. The van der Waals surface area contributed by atoms with E-state index in [0.29, 0.717) is 17.9 Å². The van der Waals surface area contributed by atoms with E-state index in [1.807, 2.05) is 18.2 Å². The van der Waals surface area contributed by atoms with Crippen molar-refractivity contribution in [3.63, 3.8) is 0 Å². The molecule has 5 nitrogen and oxygen atoms in total. The minimum Gasteiger partial charge on any atom is -0.480 e. The first-order chi connectivity index (χ1) is 10.2. The third kappa shape index (κ3) is 2.67. The molecule has 1 heterocycles. The second-order valence-corrected chi connectivity index (χ2v) is 6.43. The van der Waals surface area contributed by atoms with Crippen LogP contribution >= 0.6 is 0 Å². The molecule has 0 fully saturated rings. The molecule has 1 aromatic rings. The van der Waals surface area contributed by atoms with Gasteiger partial charge in [-0.25, -0.2) is 4.79 Å². The molecule has 0 aromatic heterocycles. The zero-order valence-corrected chi connectivity index (χ0v) is 13.7. The molecular weight excluding hydrogens is 282 g/mol. The van der Waals surface area contributed by atoms with E-state index in [2.05, 4.69) is 13.8 Å². The van der Waals surface area contributed by atoms with Crippen LogP contribution in [0.3, 0.4) is 0 Å². The van der Waals surface area contributed by atoms with Crippen molar-refractivity contribution in [3.8, 4) is 5.75 Å². The average molecular weight is 305 g/mol. The molecule has 0 radical (unpaired) electrons. The molecule has 0 saturated carbocycles. The van der Waals surface area contributed by atoms with Crippen LogP contribution in [0.25, 0.3) is 0 Å². The van der Waals surface area contributed by atoms with Crippen LogP contribution in [0.15, 0.2) is 18.2 Å². The van der Waals surface area contributed by atoms with Gasteiger partial charge < -0.3 is 9.84 Å². The van der Waals surface area contributed by atoms with Gasteiger partial charge in [0.25, 0.3) is 5.91 Å². The predicted octanol–water partition coefficient (Wildman–Crippen LogP) is 3.18. The molecule has 5 heteroatoms. The molecule has 1 amide bonds. The van der Waals surface area contributed by atoms with Crippen LogP contribution in [0.4, 0.5) is 5.69 Å². The fourth-order valence-electron chi connectivity index (χ4n) is 2.66. The summed E-state index contributed by atoms with van der Waals surface area (Å²) in [5, 5.41) is 9.48. The summed E-state index contributed by atoms with van der Waals surface area (Å²) in [7, 11) is 0. The van der Waals surface area contributed by atoms with Crippen LogP contribution in [-0.2, 0) is 9.59 Å². The molecule has 0 spiro atoms. The van der Waals surface area contributed by atoms with Gasteiger partial charge in [0.2, 0.25) is 0 Å². The first-order valence-electron chi connectivity index (χ1n) is 7.58. The Labute approximate surface area is 130 Å². The number of hydrogen-bond donors (Lipinski definition) is 1.